The normalized spacial score (nSPS) is 16.2. The first-order valence-electron chi connectivity index (χ1n) is 7.78. The summed E-state index contributed by atoms with van der Waals surface area (Å²) in [6, 6.07) is 13.1. The van der Waals surface area contributed by atoms with Gasteiger partial charge in [-0.05, 0) is 24.3 Å². The molecule has 0 spiro atoms. The highest BCUT2D eigenvalue weighted by Gasteiger charge is 2.30. The van der Waals surface area contributed by atoms with Crippen LogP contribution in [0.5, 0.6) is 0 Å². The van der Waals surface area contributed by atoms with Gasteiger partial charge in [-0.3, -0.25) is 9.59 Å². The quantitative estimate of drug-likeness (QED) is 0.885. The Morgan fingerprint density at radius 1 is 1.04 bits per heavy atom. The highest BCUT2D eigenvalue weighted by atomic mass is 32.2. The van der Waals surface area contributed by atoms with Crippen LogP contribution in [-0.2, 0) is 4.79 Å². The number of rotatable bonds is 2. The van der Waals surface area contributed by atoms with Gasteiger partial charge in [-0.1, -0.05) is 24.3 Å². The van der Waals surface area contributed by atoms with E-state index in [9.17, 15) is 14.4 Å². The molecule has 0 saturated heterocycles. The van der Waals surface area contributed by atoms with Crippen molar-refractivity contribution in [2.75, 3.05) is 10.8 Å². The van der Waals surface area contributed by atoms with Crippen LogP contribution in [0, 0.1) is 0 Å². The first-order chi connectivity index (χ1) is 12.5. The Balaban J connectivity index is 1.83. The molecule has 2 aromatic rings. The number of ketones is 1. The second-order valence-electron chi connectivity index (χ2n) is 5.71. The van der Waals surface area contributed by atoms with Crippen LogP contribution in [-0.4, -0.2) is 34.2 Å². The molecule has 128 valence electrons. The molecule has 1 aliphatic carbocycles. The molecule has 0 unspecified atom stereocenters. The van der Waals surface area contributed by atoms with Crippen molar-refractivity contribution in [3.63, 3.8) is 0 Å². The minimum absolute atomic E-state index is 0.103. The fourth-order valence-electron chi connectivity index (χ4n) is 2.82. The van der Waals surface area contributed by atoms with Crippen molar-refractivity contribution in [3.8, 4) is 0 Å². The lowest BCUT2D eigenvalue weighted by molar-refractivity contribution is -0.116. The molecule has 1 N–H and O–H groups in total. The zero-order valence-corrected chi connectivity index (χ0v) is 14.2. The Bertz CT molecular complexity index is 1010. The van der Waals surface area contributed by atoms with E-state index in [-0.39, 0.29) is 23.0 Å². The maximum Gasteiger partial charge on any atom is 0.335 e. The van der Waals surface area contributed by atoms with Crippen LogP contribution >= 0.6 is 11.8 Å². The summed E-state index contributed by atoms with van der Waals surface area (Å²) in [5.41, 5.74) is 2.41. The van der Waals surface area contributed by atoms with E-state index in [1.165, 1.54) is 35.0 Å². The topological polar surface area (TPSA) is 87.0 Å². The number of fused-ring (bicyclic) bond motifs is 3. The summed E-state index contributed by atoms with van der Waals surface area (Å²) in [4.78, 5) is 36.5. The molecule has 6 nitrogen and oxygen atoms in total. The van der Waals surface area contributed by atoms with Gasteiger partial charge in [0.2, 0.25) is 0 Å². The molecule has 0 saturated carbocycles. The van der Waals surface area contributed by atoms with Gasteiger partial charge in [-0.25, -0.2) is 4.79 Å². The molecule has 1 amide bonds. The second kappa shape index (κ2) is 6.27. The Morgan fingerprint density at radius 3 is 2.42 bits per heavy atom. The SMILES string of the molecule is O=C(O)c1ccc(N2N=C3C(=CC(=O)c4ccccc43)SCC2=O)cc1. The number of anilines is 1. The minimum atomic E-state index is -1.04. The van der Waals surface area contributed by atoms with Crippen LogP contribution in [0.25, 0.3) is 0 Å². The first-order valence-corrected chi connectivity index (χ1v) is 8.76. The van der Waals surface area contributed by atoms with Gasteiger partial charge in [-0.2, -0.15) is 10.1 Å². The molecule has 0 radical (unpaired) electrons. The molecule has 2 aliphatic rings. The standard InChI is InChI=1S/C19H12N2O4S/c22-15-9-16-18(14-4-2-1-3-13(14)15)20-21(17(23)10-26-16)12-7-5-11(6-8-12)19(24)25/h1-9H,10H2,(H,24,25). The average molecular weight is 364 g/mol. The third-order valence-electron chi connectivity index (χ3n) is 4.09. The number of allylic oxidation sites excluding steroid dienone is 2. The molecule has 1 aliphatic heterocycles. The number of carbonyl (C=O) groups is 3. The van der Waals surface area contributed by atoms with Crippen molar-refractivity contribution in [2.24, 2.45) is 5.10 Å². The summed E-state index contributed by atoms with van der Waals surface area (Å²) in [6.45, 7) is 0. The molecule has 0 fully saturated rings. The second-order valence-corrected chi connectivity index (χ2v) is 6.73. The number of aromatic carboxylic acids is 1. The van der Waals surface area contributed by atoms with Gasteiger partial charge in [0.25, 0.3) is 5.91 Å². The lowest BCUT2D eigenvalue weighted by atomic mass is 9.94. The summed E-state index contributed by atoms with van der Waals surface area (Å²) in [7, 11) is 0. The molecular formula is C19H12N2O4S. The highest BCUT2D eigenvalue weighted by molar-refractivity contribution is 8.04. The molecule has 0 aromatic heterocycles. The summed E-state index contributed by atoms with van der Waals surface area (Å²) < 4.78 is 0. The van der Waals surface area contributed by atoms with Gasteiger partial charge < -0.3 is 5.11 Å². The number of benzene rings is 2. The maximum atomic E-state index is 12.5. The predicted molar refractivity (Wildman–Crippen MR) is 98.7 cm³/mol. The number of thioether (sulfide) groups is 1. The molecule has 7 heteroatoms. The fourth-order valence-corrected chi connectivity index (χ4v) is 3.70. The van der Waals surface area contributed by atoms with E-state index in [1.807, 2.05) is 6.07 Å². The fraction of sp³-hybridized carbons (Fsp3) is 0.0526. The van der Waals surface area contributed by atoms with Gasteiger partial charge in [0.15, 0.2) is 5.78 Å². The summed E-state index contributed by atoms with van der Waals surface area (Å²) in [5.74, 6) is -1.25. The third-order valence-corrected chi connectivity index (χ3v) is 5.10. The average Bonchev–Trinajstić information content (AvgIpc) is 2.81. The van der Waals surface area contributed by atoms with E-state index in [2.05, 4.69) is 5.10 Å². The van der Waals surface area contributed by atoms with Crippen molar-refractivity contribution >= 4 is 40.8 Å². The lowest BCUT2D eigenvalue weighted by Crippen LogP contribution is -2.27. The molecule has 26 heavy (non-hydrogen) atoms. The Morgan fingerprint density at radius 2 is 1.73 bits per heavy atom. The third kappa shape index (κ3) is 2.72. The van der Waals surface area contributed by atoms with E-state index in [4.69, 9.17) is 5.11 Å². The van der Waals surface area contributed by atoms with Crippen molar-refractivity contribution in [3.05, 3.63) is 76.2 Å². The molecule has 1 heterocycles. The van der Waals surface area contributed by atoms with Crippen molar-refractivity contribution in [1.29, 1.82) is 0 Å². The van der Waals surface area contributed by atoms with Crippen LogP contribution in [0.15, 0.2) is 64.6 Å². The number of hydrogen-bond donors (Lipinski definition) is 1. The molecule has 0 atom stereocenters. The number of amides is 1. The molecular weight excluding hydrogens is 352 g/mol. The molecule has 2 aromatic carbocycles. The van der Waals surface area contributed by atoms with Crippen molar-refractivity contribution < 1.29 is 19.5 Å². The van der Waals surface area contributed by atoms with Gasteiger partial charge in [0.05, 0.1) is 17.0 Å². The van der Waals surface area contributed by atoms with Gasteiger partial charge in [-0.15, -0.1) is 11.8 Å². The molecule has 4 rings (SSSR count). The predicted octanol–water partition coefficient (Wildman–Crippen LogP) is 2.95. The summed E-state index contributed by atoms with van der Waals surface area (Å²) in [6.07, 6.45) is 1.51. The van der Waals surface area contributed by atoms with E-state index in [0.717, 1.165) is 0 Å². The van der Waals surface area contributed by atoms with Gasteiger partial charge >= 0.3 is 5.97 Å². The number of nitrogens with zero attached hydrogens (tertiary/aromatic N) is 2. The van der Waals surface area contributed by atoms with E-state index < -0.39 is 5.97 Å². The van der Waals surface area contributed by atoms with Crippen LogP contribution in [0.2, 0.25) is 0 Å². The van der Waals surface area contributed by atoms with Gasteiger partial charge in [0.1, 0.15) is 5.71 Å². The number of hydrogen-bond acceptors (Lipinski definition) is 5. The Labute approximate surface area is 152 Å². The summed E-state index contributed by atoms with van der Waals surface area (Å²) in [5, 5.41) is 14.8. The van der Waals surface area contributed by atoms with Crippen LogP contribution in [0.1, 0.15) is 26.3 Å². The van der Waals surface area contributed by atoms with Crippen molar-refractivity contribution in [1.82, 2.24) is 0 Å². The highest BCUT2D eigenvalue weighted by Crippen LogP contribution is 2.33. The molecule has 0 bridgehead atoms. The number of carboxylic acid groups (broad SMARTS) is 1. The Kier molecular flexibility index (Phi) is 3.93. The number of carbonyl (C=O) groups excluding carboxylic acids is 2. The van der Waals surface area contributed by atoms with Crippen LogP contribution in [0.4, 0.5) is 5.69 Å². The number of carboxylic acids is 1. The monoisotopic (exact) mass is 364 g/mol. The maximum absolute atomic E-state index is 12.5. The van der Waals surface area contributed by atoms with Crippen LogP contribution < -0.4 is 5.01 Å². The van der Waals surface area contributed by atoms with Gasteiger partial charge in [0, 0.05) is 22.1 Å². The minimum Gasteiger partial charge on any atom is -0.478 e. The van der Waals surface area contributed by atoms with E-state index >= 15 is 0 Å². The zero-order valence-electron chi connectivity index (χ0n) is 13.4. The van der Waals surface area contributed by atoms with E-state index in [1.54, 1.807) is 30.3 Å². The largest absolute Gasteiger partial charge is 0.478 e. The summed E-state index contributed by atoms with van der Waals surface area (Å²) >= 11 is 1.27. The smallest absolute Gasteiger partial charge is 0.335 e. The Hall–Kier alpha value is -3.19. The van der Waals surface area contributed by atoms with E-state index in [0.29, 0.717) is 27.4 Å². The lowest BCUT2D eigenvalue weighted by Gasteiger charge is -2.19. The van der Waals surface area contributed by atoms with Crippen molar-refractivity contribution in [2.45, 2.75) is 0 Å². The zero-order chi connectivity index (χ0) is 18.3. The number of hydrazone groups is 1. The van der Waals surface area contributed by atoms with Crippen LogP contribution in [0.3, 0.4) is 0 Å². The first kappa shape index (κ1) is 16.3.